The Kier molecular flexibility index (Phi) is 3.60. The van der Waals surface area contributed by atoms with Crippen molar-refractivity contribution in [1.29, 1.82) is 5.26 Å². The van der Waals surface area contributed by atoms with Crippen LogP contribution in [0.4, 0.5) is 0 Å². The molecule has 0 spiro atoms. The van der Waals surface area contributed by atoms with Crippen LogP contribution in [-0.4, -0.2) is 24.7 Å². The first-order valence-corrected chi connectivity index (χ1v) is 5.91. The van der Waals surface area contributed by atoms with E-state index in [-0.39, 0.29) is 6.10 Å². The first kappa shape index (κ1) is 11.9. The lowest BCUT2D eigenvalue weighted by molar-refractivity contribution is 0.0613. The number of pyridine rings is 1. The van der Waals surface area contributed by atoms with E-state index >= 15 is 0 Å². The third kappa shape index (κ3) is 2.56. The Morgan fingerprint density at radius 3 is 3.00 bits per heavy atom. The predicted octanol–water partition coefficient (Wildman–Crippen LogP) is 1.64. The molecule has 1 aromatic heterocycles. The largest absolute Gasteiger partial charge is 0.473 e. The summed E-state index contributed by atoms with van der Waals surface area (Å²) in [7, 11) is 1.96. The maximum absolute atomic E-state index is 9.06. The lowest BCUT2D eigenvalue weighted by atomic mass is 9.82. The highest BCUT2D eigenvalue weighted by atomic mass is 16.5. The van der Waals surface area contributed by atoms with Gasteiger partial charge in [0.2, 0.25) is 5.88 Å². The second kappa shape index (κ2) is 5.15. The Bertz CT molecular complexity index is 433. The summed E-state index contributed by atoms with van der Waals surface area (Å²) < 4.78 is 5.77. The van der Waals surface area contributed by atoms with E-state index in [1.54, 1.807) is 6.20 Å². The molecule has 0 unspecified atom stereocenters. The fourth-order valence-electron chi connectivity index (χ4n) is 2.14. The third-order valence-corrected chi connectivity index (χ3v) is 3.20. The van der Waals surface area contributed by atoms with Crippen LogP contribution in [0.25, 0.3) is 0 Å². The van der Waals surface area contributed by atoms with Gasteiger partial charge in [0.1, 0.15) is 17.7 Å². The Morgan fingerprint density at radius 1 is 1.59 bits per heavy atom. The average Bonchev–Trinajstić information content (AvgIpc) is 2.26. The quantitative estimate of drug-likeness (QED) is 0.855. The molecule has 0 radical (unpaired) electrons. The fourth-order valence-corrected chi connectivity index (χ4v) is 2.14. The first-order valence-electron chi connectivity index (χ1n) is 5.91. The first-order chi connectivity index (χ1) is 8.24. The zero-order valence-corrected chi connectivity index (χ0v) is 10.2. The maximum atomic E-state index is 9.06. The van der Waals surface area contributed by atoms with E-state index in [1.807, 2.05) is 20.0 Å². The molecule has 0 saturated heterocycles. The van der Waals surface area contributed by atoms with Crippen molar-refractivity contribution in [1.82, 2.24) is 10.3 Å². The van der Waals surface area contributed by atoms with Gasteiger partial charge in [-0.25, -0.2) is 4.98 Å². The fraction of sp³-hybridized carbons (Fsp3) is 0.538. The summed E-state index contributed by atoms with van der Waals surface area (Å²) in [5.74, 6) is 1.18. The van der Waals surface area contributed by atoms with Gasteiger partial charge < -0.3 is 10.1 Å². The standard InChI is InChI=1S/C13H17N3O/c1-9-3-4-16-13(12(9)7-14)17-11-5-10(6-11)8-15-2/h3-4,10-11,15H,5-6,8H2,1-2H3. The molecule has 0 bridgehead atoms. The van der Waals surface area contributed by atoms with Crippen molar-refractivity contribution < 1.29 is 4.74 Å². The van der Waals surface area contributed by atoms with Crippen molar-refractivity contribution in [2.24, 2.45) is 5.92 Å². The zero-order valence-electron chi connectivity index (χ0n) is 10.2. The van der Waals surface area contributed by atoms with Crippen LogP contribution >= 0.6 is 0 Å². The minimum absolute atomic E-state index is 0.217. The van der Waals surface area contributed by atoms with Crippen LogP contribution in [0.2, 0.25) is 0 Å². The van der Waals surface area contributed by atoms with Crippen molar-refractivity contribution in [2.75, 3.05) is 13.6 Å². The molecule has 0 atom stereocenters. The van der Waals surface area contributed by atoms with Crippen LogP contribution in [-0.2, 0) is 0 Å². The smallest absolute Gasteiger partial charge is 0.232 e. The SMILES string of the molecule is CNCC1CC(Oc2nccc(C)c2C#N)C1. The number of ether oxygens (including phenoxy) is 1. The Labute approximate surface area is 102 Å². The molecule has 1 fully saturated rings. The number of aromatic nitrogens is 1. The Morgan fingerprint density at radius 2 is 2.35 bits per heavy atom. The summed E-state index contributed by atoms with van der Waals surface area (Å²) in [6.07, 6.45) is 3.99. The van der Waals surface area contributed by atoms with Gasteiger partial charge in [0, 0.05) is 6.20 Å². The van der Waals surface area contributed by atoms with E-state index in [0.717, 1.165) is 24.9 Å². The van der Waals surface area contributed by atoms with E-state index in [4.69, 9.17) is 10.00 Å². The van der Waals surface area contributed by atoms with Crippen molar-refractivity contribution in [3.8, 4) is 11.9 Å². The average molecular weight is 231 g/mol. The van der Waals surface area contributed by atoms with Crippen LogP contribution in [0.1, 0.15) is 24.0 Å². The molecule has 0 aliphatic heterocycles. The third-order valence-electron chi connectivity index (χ3n) is 3.20. The minimum atomic E-state index is 0.217. The number of hydrogen-bond acceptors (Lipinski definition) is 4. The molecule has 4 nitrogen and oxygen atoms in total. The van der Waals surface area contributed by atoms with E-state index < -0.39 is 0 Å². The molecule has 1 heterocycles. The van der Waals surface area contributed by atoms with Crippen molar-refractivity contribution in [3.63, 3.8) is 0 Å². The van der Waals surface area contributed by atoms with Crippen molar-refractivity contribution >= 4 is 0 Å². The number of nitriles is 1. The molecule has 17 heavy (non-hydrogen) atoms. The highest BCUT2D eigenvalue weighted by Gasteiger charge is 2.31. The number of nitrogens with zero attached hydrogens (tertiary/aromatic N) is 2. The van der Waals surface area contributed by atoms with E-state index in [9.17, 15) is 0 Å². The number of nitrogens with one attached hydrogen (secondary N) is 1. The summed E-state index contributed by atoms with van der Waals surface area (Å²) in [6.45, 7) is 2.93. The van der Waals surface area contributed by atoms with Gasteiger partial charge in [-0.15, -0.1) is 0 Å². The zero-order chi connectivity index (χ0) is 12.3. The number of rotatable bonds is 4. The van der Waals surface area contributed by atoms with Gasteiger partial charge in [0.25, 0.3) is 0 Å². The van der Waals surface area contributed by atoms with Crippen molar-refractivity contribution in [2.45, 2.75) is 25.9 Å². The van der Waals surface area contributed by atoms with Gasteiger partial charge in [-0.2, -0.15) is 5.26 Å². The molecular weight excluding hydrogens is 214 g/mol. The summed E-state index contributed by atoms with van der Waals surface area (Å²) in [4.78, 5) is 4.14. The molecule has 1 aliphatic carbocycles. The van der Waals surface area contributed by atoms with E-state index in [0.29, 0.717) is 17.4 Å². The molecule has 1 saturated carbocycles. The molecule has 1 aliphatic rings. The summed E-state index contributed by atoms with van der Waals surface area (Å²) >= 11 is 0. The number of aryl methyl sites for hydroxylation is 1. The molecule has 1 N–H and O–H groups in total. The maximum Gasteiger partial charge on any atom is 0.232 e. The Hall–Kier alpha value is -1.60. The van der Waals surface area contributed by atoms with E-state index in [1.165, 1.54) is 0 Å². The highest BCUT2D eigenvalue weighted by molar-refractivity contribution is 5.43. The molecule has 90 valence electrons. The van der Waals surface area contributed by atoms with Crippen LogP contribution in [0.5, 0.6) is 5.88 Å². The van der Waals surface area contributed by atoms with Gasteiger partial charge in [0.05, 0.1) is 0 Å². The summed E-state index contributed by atoms with van der Waals surface area (Å²) in [5, 5.41) is 12.2. The molecular formula is C13H17N3O. The van der Waals surface area contributed by atoms with Gasteiger partial charge in [-0.05, 0) is 50.9 Å². The summed E-state index contributed by atoms with van der Waals surface area (Å²) in [5.41, 5.74) is 1.48. The van der Waals surface area contributed by atoms with Crippen LogP contribution < -0.4 is 10.1 Å². The number of hydrogen-bond donors (Lipinski definition) is 1. The van der Waals surface area contributed by atoms with Crippen LogP contribution in [0, 0.1) is 24.2 Å². The van der Waals surface area contributed by atoms with Crippen LogP contribution in [0.3, 0.4) is 0 Å². The van der Waals surface area contributed by atoms with Crippen molar-refractivity contribution in [3.05, 3.63) is 23.4 Å². The normalized spacial score (nSPS) is 22.6. The molecule has 0 amide bonds. The molecule has 4 heteroatoms. The van der Waals surface area contributed by atoms with Gasteiger partial charge >= 0.3 is 0 Å². The Balaban J connectivity index is 1.97. The molecule has 0 aromatic carbocycles. The van der Waals surface area contributed by atoms with Gasteiger partial charge in [0.15, 0.2) is 0 Å². The van der Waals surface area contributed by atoms with Gasteiger partial charge in [-0.1, -0.05) is 0 Å². The monoisotopic (exact) mass is 231 g/mol. The minimum Gasteiger partial charge on any atom is -0.473 e. The van der Waals surface area contributed by atoms with E-state index in [2.05, 4.69) is 16.4 Å². The lowest BCUT2D eigenvalue weighted by Gasteiger charge is -2.35. The van der Waals surface area contributed by atoms with Crippen LogP contribution in [0.15, 0.2) is 12.3 Å². The summed E-state index contributed by atoms with van der Waals surface area (Å²) in [6, 6.07) is 3.98. The topological polar surface area (TPSA) is 57.9 Å². The molecule has 1 aromatic rings. The molecule has 2 rings (SSSR count). The van der Waals surface area contributed by atoms with Gasteiger partial charge in [-0.3, -0.25) is 0 Å². The second-order valence-corrected chi connectivity index (χ2v) is 4.55. The lowest BCUT2D eigenvalue weighted by Crippen LogP contribution is -2.39. The second-order valence-electron chi connectivity index (χ2n) is 4.55. The highest BCUT2D eigenvalue weighted by Crippen LogP contribution is 2.31. The predicted molar refractivity (Wildman–Crippen MR) is 64.8 cm³/mol.